The normalized spacial score (nSPS) is 50.6. The Labute approximate surface area is 234 Å². The Hall–Kier alpha value is -1.02. The molecule has 4 aliphatic carbocycles. The lowest BCUT2D eigenvalue weighted by atomic mass is 9.44. The summed E-state index contributed by atoms with van der Waals surface area (Å²) in [7, 11) is 0. The van der Waals surface area contributed by atoms with Crippen LogP contribution in [0.5, 0.6) is 0 Å². The summed E-state index contributed by atoms with van der Waals surface area (Å²) in [5, 5.41) is 22.8. The molecule has 0 aromatic rings. The molecule has 0 amide bonds. The predicted molar refractivity (Wildman–Crippen MR) is 146 cm³/mol. The van der Waals surface area contributed by atoms with Crippen LogP contribution in [0, 0.1) is 46.3 Å². The molecule has 2 N–H and O–H groups in total. The Morgan fingerprint density at radius 2 is 1.79 bits per heavy atom. The fraction of sp³-hybridized carbons (Fsp3) is 0.938. The van der Waals surface area contributed by atoms with Crippen molar-refractivity contribution in [2.45, 2.75) is 143 Å². The Balaban J connectivity index is 1.43. The van der Waals surface area contributed by atoms with Gasteiger partial charge in [-0.25, -0.2) is 0 Å². The van der Waals surface area contributed by atoms with Crippen molar-refractivity contribution in [2.75, 3.05) is 0 Å². The molecule has 1 heterocycles. The molecule has 1 aliphatic heterocycles. The molecule has 4 saturated carbocycles. The van der Waals surface area contributed by atoms with Crippen LogP contribution in [-0.4, -0.2) is 51.3 Å². The lowest BCUT2D eigenvalue weighted by Gasteiger charge is -2.61. The maximum atomic E-state index is 12.3. The number of esters is 1. The number of carbonyl (C=O) groups excluding carboxylic acids is 2. The molecule has 0 radical (unpaired) electrons. The van der Waals surface area contributed by atoms with E-state index in [-0.39, 0.29) is 28.6 Å². The molecular formula is C32H52O7. The van der Waals surface area contributed by atoms with Crippen LogP contribution < -0.4 is 0 Å². The van der Waals surface area contributed by atoms with E-state index < -0.39 is 29.4 Å². The molecular weight excluding hydrogens is 496 g/mol. The van der Waals surface area contributed by atoms with Crippen molar-refractivity contribution in [2.24, 2.45) is 46.3 Å². The van der Waals surface area contributed by atoms with E-state index >= 15 is 0 Å². The van der Waals surface area contributed by atoms with E-state index in [0.29, 0.717) is 42.3 Å². The van der Waals surface area contributed by atoms with Gasteiger partial charge in [-0.2, -0.15) is 0 Å². The molecule has 5 fully saturated rings. The van der Waals surface area contributed by atoms with E-state index in [1.807, 2.05) is 27.7 Å². The molecule has 222 valence electrons. The van der Waals surface area contributed by atoms with Crippen LogP contribution in [0.15, 0.2) is 0 Å². The minimum Gasteiger partial charge on any atom is -0.460 e. The number of ether oxygens (including phenoxy) is 3. The number of ketones is 1. The number of hydrogen-bond donors (Lipinski definition) is 2. The molecule has 0 bridgehead atoms. The van der Waals surface area contributed by atoms with Crippen molar-refractivity contribution in [3.63, 3.8) is 0 Å². The second-order valence-electron chi connectivity index (χ2n) is 15.3. The van der Waals surface area contributed by atoms with Gasteiger partial charge in [0.2, 0.25) is 0 Å². The van der Waals surface area contributed by atoms with Crippen LogP contribution in [0.3, 0.4) is 0 Å². The Bertz CT molecular complexity index is 991. The number of aliphatic hydroxyl groups excluding tert-OH is 1. The van der Waals surface area contributed by atoms with Gasteiger partial charge in [-0.3, -0.25) is 9.59 Å². The van der Waals surface area contributed by atoms with E-state index in [4.69, 9.17) is 14.2 Å². The SMILES string of the molecule is CC(=O)OC(C)(C)[C@H](C)C[C@H]1O[C@@](C)(O)O[C@@]1(C)[C@H]1[C@@H](O)C[C@H]2[C@@H]3CC[C@H]4CC(=O)CC[C@]4(C)[C@H]3CC[C@@]21C. The molecule has 39 heavy (non-hydrogen) atoms. The van der Waals surface area contributed by atoms with Crippen LogP contribution in [-0.2, 0) is 23.8 Å². The minimum absolute atomic E-state index is 0.0645. The van der Waals surface area contributed by atoms with Gasteiger partial charge in [0.1, 0.15) is 17.0 Å². The van der Waals surface area contributed by atoms with Gasteiger partial charge in [-0.05, 0) is 106 Å². The van der Waals surface area contributed by atoms with E-state index in [0.717, 1.165) is 44.9 Å². The number of aliphatic hydroxyl groups is 2. The monoisotopic (exact) mass is 548 g/mol. The Morgan fingerprint density at radius 1 is 1.10 bits per heavy atom. The average molecular weight is 549 g/mol. The number of carbonyl (C=O) groups is 2. The van der Waals surface area contributed by atoms with Crippen molar-refractivity contribution in [3.05, 3.63) is 0 Å². The maximum Gasteiger partial charge on any atom is 0.303 e. The van der Waals surface area contributed by atoms with Crippen LogP contribution in [0.1, 0.15) is 113 Å². The smallest absolute Gasteiger partial charge is 0.303 e. The molecule has 1 saturated heterocycles. The summed E-state index contributed by atoms with van der Waals surface area (Å²) in [6.07, 6.45) is 7.04. The van der Waals surface area contributed by atoms with Gasteiger partial charge in [0, 0.05) is 32.6 Å². The van der Waals surface area contributed by atoms with Gasteiger partial charge in [0.05, 0.1) is 12.2 Å². The van der Waals surface area contributed by atoms with Gasteiger partial charge in [-0.1, -0.05) is 20.8 Å². The van der Waals surface area contributed by atoms with Crippen molar-refractivity contribution >= 4 is 11.8 Å². The summed E-state index contributed by atoms with van der Waals surface area (Å²) in [6, 6.07) is 0. The maximum absolute atomic E-state index is 12.3. The highest BCUT2D eigenvalue weighted by molar-refractivity contribution is 5.79. The highest BCUT2D eigenvalue weighted by Crippen LogP contribution is 2.69. The third-order valence-electron chi connectivity index (χ3n) is 12.7. The minimum atomic E-state index is -1.75. The average Bonchev–Trinajstić information content (AvgIpc) is 3.20. The Kier molecular flexibility index (Phi) is 7.18. The van der Waals surface area contributed by atoms with Crippen LogP contribution in [0.25, 0.3) is 0 Å². The first-order chi connectivity index (χ1) is 17.9. The van der Waals surface area contributed by atoms with Gasteiger partial charge in [0.25, 0.3) is 5.97 Å². The van der Waals surface area contributed by atoms with Crippen molar-refractivity contribution in [3.8, 4) is 0 Å². The lowest BCUT2D eigenvalue weighted by Crippen LogP contribution is -2.58. The number of fused-ring (bicyclic) bond motifs is 5. The van der Waals surface area contributed by atoms with Crippen LogP contribution in [0.4, 0.5) is 0 Å². The zero-order valence-electron chi connectivity index (χ0n) is 25.4. The first kappa shape index (κ1) is 29.5. The molecule has 0 spiro atoms. The summed E-state index contributed by atoms with van der Waals surface area (Å²) >= 11 is 0. The number of rotatable bonds is 5. The van der Waals surface area contributed by atoms with Crippen molar-refractivity contribution in [1.29, 1.82) is 0 Å². The molecule has 5 aliphatic rings. The quantitative estimate of drug-likeness (QED) is 0.444. The highest BCUT2D eigenvalue weighted by atomic mass is 16.9. The first-order valence-electron chi connectivity index (χ1n) is 15.4. The third-order valence-corrected chi connectivity index (χ3v) is 12.7. The van der Waals surface area contributed by atoms with Crippen LogP contribution >= 0.6 is 0 Å². The van der Waals surface area contributed by atoms with E-state index in [2.05, 4.69) is 13.8 Å². The molecule has 5 rings (SSSR count). The molecule has 0 aromatic carbocycles. The van der Waals surface area contributed by atoms with Gasteiger partial charge in [-0.15, -0.1) is 0 Å². The van der Waals surface area contributed by atoms with Crippen LogP contribution in [0.2, 0.25) is 0 Å². The zero-order chi connectivity index (χ0) is 28.8. The van der Waals surface area contributed by atoms with E-state index in [9.17, 15) is 19.8 Å². The predicted octanol–water partition coefficient (Wildman–Crippen LogP) is 5.39. The summed E-state index contributed by atoms with van der Waals surface area (Å²) in [5.41, 5.74) is -1.56. The summed E-state index contributed by atoms with van der Waals surface area (Å²) < 4.78 is 18.2. The summed E-state index contributed by atoms with van der Waals surface area (Å²) in [4.78, 5) is 24.0. The summed E-state index contributed by atoms with van der Waals surface area (Å²) in [6.45, 7) is 15.6. The second-order valence-corrected chi connectivity index (χ2v) is 15.3. The second kappa shape index (κ2) is 9.50. The van der Waals surface area contributed by atoms with Gasteiger partial charge in [0.15, 0.2) is 0 Å². The zero-order valence-corrected chi connectivity index (χ0v) is 25.4. The molecule has 0 unspecified atom stereocenters. The van der Waals surface area contributed by atoms with E-state index in [1.165, 1.54) is 13.8 Å². The summed E-state index contributed by atoms with van der Waals surface area (Å²) in [5.74, 6) is 0.0803. The highest BCUT2D eigenvalue weighted by Gasteiger charge is 2.69. The third kappa shape index (κ3) is 4.71. The molecule has 7 heteroatoms. The molecule has 12 atom stereocenters. The van der Waals surface area contributed by atoms with Crippen molar-refractivity contribution < 1.29 is 34.0 Å². The lowest BCUT2D eigenvalue weighted by molar-refractivity contribution is -0.319. The molecule has 7 nitrogen and oxygen atoms in total. The van der Waals surface area contributed by atoms with E-state index in [1.54, 1.807) is 0 Å². The largest absolute Gasteiger partial charge is 0.460 e. The fourth-order valence-electron chi connectivity index (χ4n) is 10.6. The first-order valence-corrected chi connectivity index (χ1v) is 15.4. The number of Topliss-reactive ketones (excluding diaryl/α,β-unsaturated/α-hetero) is 1. The fourth-order valence-corrected chi connectivity index (χ4v) is 10.6. The topological polar surface area (TPSA) is 102 Å². The standard InChI is InChI=1S/C32H52O7/c1-18(28(3,4)37-19(2)33)15-26-31(7,39-32(8,36)38-26)27-25(35)17-24-22-10-9-20-16-21(34)11-13-29(20,5)23(22)12-14-30(24,27)6/h18,20,22-27,35-36H,9-17H2,1-8H3/t18-,20+,22-,23+,24+,25+,26-,27+,29+,30+,31-,32-/m1/s1. The molecule has 0 aromatic heterocycles. The number of hydrogen-bond acceptors (Lipinski definition) is 7. The van der Waals surface area contributed by atoms with Gasteiger partial charge >= 0.3 is 5.97 Å². The van der Waals surface area contributed by atoms with Crippen molar-refractivity contribution in [1.82, 2.24) is 0 Å². The Morgan fingerprint density at radius 3 is 2.46 bits per heavy atom. The van der Waals surface area contributed by atoms with Gasteiger partial charge < -0.3 is 24.4 Å².